The Balaban J connectivity index is 0.000000231. The van der Waals surface area contributed by atoms with Crippen LogP contribution in [0.25, 0.3) is 5.52 Å². The van der Waals surface area contributed by atoms with Crippen LogP contribution in [0, 0.1) is 0 Å². The Labute approximate surface area is 484 Å². The molecule has 5 aromatic heterocycles. The zero-order chi connectivity index (χ0) is 58.0. The lowest BCUT2D eigenvalue weighted by molar-refractivity contribution is -0.145. The summed E-state index contributed by atoms with van der Waals surface area (Å²) in [5.41, 5.74) is 11.9. The van der Waals surface area contributed by atoms with Gasteiger partial charge in [0.1, 0.15) is 17.7 Å². The number of H-pyrrole nitrogens is 1. The van der Waals surface area contributed by atoms with E-state index >= 15 is 0 Å². The largest absolute Gasteiger partial charge is 0.465 e. The first-order valence-corrected chi connectivity index (χ1v) is 25.6. The van der Waals surface area contributed by atoms with Gasteiger partial charge in [0.25, 0.3) is 0 Å². The maximum atomic E-state index is 12.5. The van der Waals surface area contributed by atoms with E-state index in [1.807, 2.05) is 121 Å². The highest BCUT2D eigenvalue weighted by Crippen LogP contribution is 2.21. The lowest BCUT2D eigenvalue weighted by Crippen LogP contribution is -2.24. The number of carbonyl (C=O) groups is 4. The lowest BCUT2D eigenvalue weighted by atomic mass is 10.0. The van der Waals surface area contributed by atoms with Gasteiger partial charge in [-0.15, -0.1) is 12.4 Å². The molecule has 0 saturated heterocycles. The highest BCUT2D eigenvalue weighted by atomic mass is 35.5. The summed E-state index contributed by atoms with van der Waals surface area (Å²) in [6.45, 7) is 8.24. The van der Waals surface area contributed by atoms with Crippen molar-refractivity contribution < 1.29 is 38.1 Å². The number of hydrogen-bond donors (Lipinski definition) is 2. The summed E-state index contributed by atoms with van der Waals surface area (Å²) in [6.07, 6.45) is 18.1. The first-order chi connectivity index (χ1) is 39.5. The highest BCUT2D eigenvalue weighted by molar-refractivity contribution is 6.29. The zero-order valence-electron chi connectivity index (χ0n) is 45.2. The summed E-state index contributed by atoms with van der Waals surface area (Å²) in [5, 5.41) is 0.433. The summed E-state index contributed by atoms with van der Waals surface area (Å²) in [4.78, 5) is 96.8. The van der Waals surface area contributed by atoms with Gasteiger partial charge in [-0.1, -0.05) is 133 Å². The van der Waals surface area contributed by atoms with Crippen LogP contribution >= 0.6 is 24.0 Å². The van der Waals surface area contributed by atoms with Crippen molar-refractivity contribution in [3.05, 3.63) is 251 Å². The molecule has 2 atom stereocenters. The predicted molar refractivity (Wildman–Crippen MR) is 312 cm³/mol. The van der Waals surface area contributed by atoms with Crippen LogP contribution in [0.5, 0.6) is 0 Å². The Morgan fingerprint density at radius 2 is 1.01 bits per heavy atom. The molecule has 0 bridgehead atoms. The van der Waals surface area contributed by atoms with Gasteiger partial charge in [-0.2, -0.15) is 0 Å². The number of imidazole rings is 1. The first kappa shape index (κ1) is 64.8. The molecule has 0 saturated carbocycles. The molecule has 0 aliphatic rings. The molecule has 82 heavy (non-hydrogen) atoms. The number of aromatic nitrogens is 9. The molecular formula is C59H60Cl2N12O9. The smallest absolute Gasteiger partial charge is 0.357 e. The summed E-state index contributed by atoms with van der Waals surface area (Å²) in [7, 11) is 0. The van der Waals surface area contributed by atoms with Crippen molar-refractivity contribution in [3.63, 3.8) is 0 Å². The average molecular weight is 1150 g/mol. The van der Waals surface area contributed by atoms with E-state index < -0.39 is 30.0 Å². The Morgan fingerprint density at radius 3 is 1.45 bits per heavy atom. The van der Waals surface area contributed by atoms with Crippen LogP contribution in [-0.4, -0.2) is 113 Å². The van der Waals surface area contributed by atoms with Gasteiger partial charge in [-0.3, -0.25) is 54.1 Å². The third-order valence-corrected chi connectivity index (χ3v) is 10.6. The van der Waals surface area contributed by atoms with Crippen LogP contribution in [0.15, 0.2) is 210 Å². The van der Waals surface area contributed by atoms with Crippen molar-refractivity contribution >= 4 is 64.8 Å². The van der Waals surface area contributed by atoms with Gasteiger partial charge in [0.05, 0.1) is 79.5 Å². The molecule has 0 radical (unpaired) electrons. The Morgan fingerprint density at radius 1 is 0.561 bits per heavy atom. The molecule has 5 heterocycles. The summed E-state index contributed by atoms with van der Waals surface area (Å²) in [6, 6.07) is 37.5. The molecule has 0 fully saturated rings. The van der Waals surface area contributed by atoms with Crippen molar-refractivity contribution in [3.8, 4) is 0 Å². The van der Waals surface area contributed by atoms with Crippen LogP contribution < -0.4 is 11.4 Å². The van der Waals surface area contributed by atoms with E-state index in [9.17, 15) is 24.0 Å². The van der Waals surface area contributed by atoms with Crippen molar-refractivity contribution in [2.45, 2.75) is 39.8 Å². The number of ether oxygens (including phenoxy) is 4. The zero-order valence-corrected chi connectivity index (χ0v) is 46.7. The van der Waals surface area contributed by atoms with Crippen molar-refractivity contribution in [2.24, 2.45) is 15.7 Å². The molecule has 9 rings (SSSR count). The van der Waals surface area contributed by atoms with Crippen LogP contribution in [-0.2, 0) is 33.3 Å². The number of aromatic amines is 1. The fourth-order valence-corrected chi connectivity index (χ4v) is 6.97. The van der Waals surface area contributed by atoms with Crippen LogP contribution in [0.3, 0.4) is 0 Å². The molecule has 21 nitrogen and oxygen atoms in total. The topological polar surface area (TPSA) is 283 Å². The Bertz CT molecular complexity index is 3340. The maximum Gasteiger partial charge on any atom is 0.357 e. The first-order valence-electron chi connectivity index (χ1n) is 25.2. The molecule has 0 aliphatic carbocycles. The number of nitrogens with two attached hydrogens (primary N) is 1. The molecule has 4 aromatic carbocycles. The van der Waals surface area contributed by atoms with E-state index in [2.05, 4.69) is 44.9 Å². The number of rotatable bonds is 16. The fourth-order valence-electron chi connectivity index (χ4n) is 6.86. The molecule has 23 heteroatoms. The summed E-state index contributed by atoms with van der Waals surface area (Å²) in [5.74, 6) is -1.79. The number of benzene rings is 4. The number of esters is 4. The van der Waals surface area contributed by atoms with E-state index in [1.54, 1.807) is 58.7 Å². The Hall–Kier alpha value is -9.70. The molecular weight excluding hydrogens is 1090 g/mol. The third-order valence-electron chi connectivity index (χ3n) is 10.4. The minimum absolute atomic E-state index is 0. The molecule has 0 amide bonds. The molecule has 2 unspecified atom stereocenters. The Kier molecular flexibility index (Phi) is 28.8. The van der Waals surface area contributed by atoms with Crippen molar-refractivity contribution in [1.82, 2.24) is 44.3 Å². The molecule has 0 aliphatic heterocycles. The molecule has 424 valence electrons. The molecule has 3 N–H and O–H groups in total. The van der Waals surface area contributed by atoms with Gasteiger partial charge in [0.15, 0.2) is 11.7 Å². The minimum atomic E-state index is -0.876. The number of fused-ring (bicyclic) bond motifs is 1. The van der Waals surface area contributed by atoms with Gasteiger partial charge >= 0.3 is 29.6 Å². The van der Waals surface area contributed by atoms with E-state index in [0.717, 1.165) is 28.0 Å². The standard InChI is InChI=1S/C21H19N3O2.C17H17NO2.C9H9N3O3.C8H11N3O2.C4H3ClN2.ClH/c1-2-26-21(25)20(18-15-22-13-14-23-18)24-19(16-9-5-3-6-10-16)17-11-7-4-8-12-17;1-2-20-16(19)13-18-17(14-9-5-3-6-10-14)15-11-7-4-8-12-15;1-2-15-8(13)7-6-5-10-3-4-12(6)9(14)11-7;1-2-13-8(12)7(9)6-5-10-3-4-11-6;5-4-3-6-1-2-7-4;/h3-15,20H,2H2,1H3;3-12H,2,13H2,1H3;3-5H,2H2,1H3,(H,11,14);3-5,7H,2,9H2,1H3;1-3H;1H. The second-order valence-electron chi connectivity index (χ2n) is 15.9. The number of aliphatic imine (C=N–C) groups is 2. The van der Waals surface area contributed by atoms with Gasteiger partial charge in [-0.05, 0) is 27.7 Å². The molecule has 0 spiro atoms. The predicted octanol–water partition coefficient (Wildman–Crippen LogP) is 8.50. The van der Waals surface area contributed by atoms with E-state index in [-0.39, 0.29) is 49.5 Å². The SMILES string of the molecule is CCOC(=O)C(N)c1cnccn1.CCOC(=O)C(N=C(c1ccccc1)c1ccccc1)c1cnccn1.CCOC(=O)CN=C(c1ccccc1)c1ccccc1.CCOC(=O)c1[nH]c(=O)n2ccncc12.Cl.Clc1cnccn1. The van der Waals surface area contributed by atoms with Crippen LogP contribution in [0.2, 0.25) is 5.15 Å². The van der Waals surface area contributed by atoms with Gasteiger partial charge in [-0.25, -0.2) is 24.2 Å². The average Bonchev–Trinajstić information content (AvgIpc) is 3.92. The highest BCUT2D eigenvalue weighted by Gasteiger charge is 2.25. The number of nitrogens with zero attached hydrogens (tertiary/aromatic N) is 10. The van der Waals surface area contributed by atoms with E-state index in [0.29, 0.717) is 41.0 Å². The monoisotopic (exact) mass is 1150 g/mol. The second-order valence-corrected chi connectivity index (χ2v) is 16.3. The second kappa shape index (κ2) is 36.5. The lowest BCUT2D eigenvalue weighted by Gasteiger charge is -2.14. The number of halogens is 2. The van der Waals surface area contributed by atoms with Gasteiger partial charge < -0.3 is 24.7 Å². The number of nitrogens with one attached hydrogen (secondary N) is 1. The van der Waals surface area contributed by atoms with Crippen LogP contribution in [0.4, 0.5) is 0 Å². The summed E-state index contributed by atoms with van der Waals surface area (Å²) >= 11 is 5.37. The maximum absolute atomic E-state index is 12.5. The third kappa shape index (κ3) is 21.2. The normalized spacial score (nSPS) is 10.6. The number of carbonyl (C=O) groups excluding carboxylic acids is 4. The quantitative estimate of drug-likeness (QED) is 0.0521. The minimum Gasteiger partial charge on any atom is -0.465 e. The van der Waals surface area contributed by atoms with E-state index in [4.69, 9.17) is 41.3 Å². The molecule has 9 aromatic rings. The number of hydrogen-bond acceptors (Lipinski definition) is 19. The van der Waals surface area contributed by atoms with Crippen LogP contribution in [0.1, 0.15) is 83.9 Å². The van der Waals surface area contributed by atoms with E-state index in [1.165, 1.54) is 47.8 Å². The van der Waals surface area contributed by atoms with Gasteiger partial charge in [0, 0.05) is 71.8 Å². The van der Waals surface area contributed by atoms with Crippen molar-refractivity contribution in [2.75, 3.05) is 33.0 Å². The van der Waals surface area contributed by atoms with Crippen molar-refractivity contribution in [1.29, 1.82) is 0 Å². The fraction of sp³-hybridized carbons (Fsp3) is 0.186. The van der Waals surface area contributed by atoms with Gasteiger partial charge in [0.2, 0.25) is 0 Å². The summed E-state index contributed by atoms with van der Waals surface area (Å²) < 4.78 is 21.0.